The predicted molar refractivity (Wildman–Crippen MR) is 88.9 cm³/mol. The van der Waals surface area contributed by atoms with Crippen molar-refractivity contribution >= 4 is 27.4 Å². The summed E-state index contributed by atoms with van der Waals surface area (Å²) in [5.74, 6) is 1.60. The molecule has 3 rings (SSSR count). The molecule has 108 valence electrons. The van der Waals surface area contributed by atoms with Gasteiger partial charge in [-0.25, -0.2) is 9.97 Å². The van der Waals surface area contributed by atoms with Crippen molar-refractivity contribution in [2.75, 3.05) is 11.9 Å². The number of nitrogens with zero attached hydrogens (tertiary/aromatic N) is 3. The van der Waals surface area contributed by atoms with E-state index < -0.39 is 0 Å². The number of anilines is 1. The van der Waals surface area contributed by atoms with Gasteiger partial charge in [0, 0.05) is 17.6 Å². The molecule has 0 spiro atoms. The molecule has 3 aromatic heterocycles. The van der Waals surface area contributed by atoms with E-state index in [2.05, 4.69) is 31.1 Å². The normalized spacial score (nSPS) is 11.0. The number of hydrogen-bond acceptors (Lipinski definition) is 5. The Balaban J connectivity index is 2.20. The van der Waals surface area contributed by atoms with Gasteiger partial charge in [0.25, 0.3) is 0 Å². The Hall–Kier alpha value is -2.01. The average molecular weight is 298 g/mol. The predicted octanol–water partition coefficient (Wildman–Crippen LogP) is 4.19. The molecule has 0 fully saturated rings. The molecule has 21 heavy (non-hydrogen) atoms. The molecule has 3 aromatic rings. The van der Waals surface area contributed by atoms with Crippen LogP contribution in [0.15, 0.2) is 24.4 Å². The first-order valence-corrected chi connectivity index (χ1v) is 7.95. The van der Waals surface area contributed by atoms with Gasteiger partial charge in [-0.3, -0.25) is 4.98 Å². The van der Waals surface area contributed by atoms with Crippen LogP contribution in [0.5, 0.6) is 0 Å². The van der Waals surface area contributed by atoms with Gasteiger partial charge in [-0.15, -0.1) is 11.3 Å². The van der Waals surface area contributed by atoms with E-state index in [0.29, 0.717) is 5.82 Å². The summed E-state index contributed by atoms with van der Waals surface area (Å²) < 4.78 is 0. The Kier molecular flexibility index (Phi) is 3.84. The summed E-state index contributed by atoms with van der Waals surface area (Å²) in [7, 11) is 0. The first kappa shape index (κ1) is 13.9. The van der Waals surface area contributed by atoms with E-state index in [4.69, 9.17) is 9.97 Å². The fraction of sp³-hybridized carbons (Fsp3) is 0.312. The average Bonchev–Trinajstić information content (AvgIpc) is 2.80. The zero-order chi connectivity index (χ0) is 14.8. The van der Waals surface area contributed by atoms with E-state index in [-0.39, 0.29) is 0 Å². The van der Waals surface area contributed by atoms with Crippen molar-refractivity contribution < 1.29 is 0 Å². The standard InChI is InChI=1S/C16H18N4S/c1-4-8-18-15-13-10(2)11(3)21-16(13)20-14(19-15)12-7-5-6-9-17-12/h5-7,9H,4,8H2,1-3H3,(H,18,19,20). The zero-order valence-electron chi connectivity index (χ0n) is 12.5. The molecule has 5 heteroatoms. The van der Waals surface area contributed by atoms with Gasteiger partial charge in [0.2, 0.25) is 0 Å². The van der Waals surface area contributed by atoms with Crippen molar-refractivity contribution in [2.45, 2.75) is 27.2 Å². The van der Waals surface area contributed by atoms with Crippen LogP contribution in [0.2, 0.25) is 0 Å². The smallest absolute Gasteiger partial charge is 0.181 e. The van der Waals surface area contributed by atoms with Crippen LogP contribution in [0.3, 0.4) is 0 Å². The molecule has 0 aliphatic heterocycles. The Labute approximate surface area is 128 Å². The molecule has 0 aromatic carbocycles. The first-order chi connectivity index (χ1) is 10.2. The second-order valence-electron chi connectivity index (χ2n) is 5.00. The molecular formula is C16H18N4S. The van der Waals surface area contributed by atoms with E-state index in [1.54, 1.807) is 17.5 Å². The Morgan fingerprint density at radius 3 is 2.76 bits per heavy atom. The van der Waals surface area contributed by atoms with Gasteiger partial charge >= 0.3 is 0 Å². The number of thiophene rings is 1. The molecule has 0 radical (unpaired) electrons. The lowest BCUT2D eigenvalue weighted by Crippen LogP contribution is -2.04. The molecule has 0 amide bonds. The van der Waals surface area contributed by atoms with Crippen molar-refractivity contribution in [2.24, 2.45) is 0 Å². The molecule has 0 aliphatic carbocycles. The van der Waals surface area contributed by atoms with Gasteiger partial charge in [0.05, 0.1) is 5.39 Å². The summed E-state index contributed by atoms with van der Waals surface area (Å²) in [6, 6.07) is 5.80. The molecule has 1 N–H and O–H groups in total. The highest BCUT2D eigenvalue weighted by Gasteiger charge is 2.15. The number of rotatable bonds is 4. The van der Waals surface area contributed by atoms with Crippen molar-refractivity contribution in [1.29, 1.82) is 0 Å². The van der Waals surface area contributed by atoms with Crippen molar-refractivity contribution in [3.63, 3.8) is 0 Å². The third-order valence-electron chi connectivity index (χ3n) is 3.47. The van der Waals surface area contributed by atoms with Crippen LogP contribution in [0.4, 0.5) is 5.82 Å². The number of fused-ring (bicyclic) bond motifs is 1. The van der Waals surface area contributed by atoms with Crippen LogP contribution >= 0.6 is 11.3 Å². The van der Waals surface area contributed by atoms with Crippen molar-refractivity contribution in [3.8, 4) is 11.5 Å². The molecule has 0 atom stereocenters. The summed E-state index contributed by atoms with van der Waals surface area (Å²) >= 11 is 1.72. The maximum atomic E-state index is 4.70. The molecule has 4 nitrogen and oxygen atoms in total. The largest absolute Gasteiger partial charge is 0.369 e. The third kappa shape index (κ3) is 2.61. The topological polar surface area (TPSA) is 50.7 Å². The summed E-state index contributed by atoms with van der Waals surface area (Å²) in [6.07, 6.45) is 2.83. The van der Waals surface area contributed by atoms with Crippen LogP contribution in [-0.4, -0.2) is 21.5 Å². The molecule has 0 unspecified atom stereocenters. The number of aromatic nitrogens is 3. The van der Waals surface area contributed by atoms with E-state index in [9.17, 15) is 0 Å². The minimum Gasteiger partial charge on any atom is -0.369 e. The fourth-order valence-corrected chi connectivity index (χ4v) is 3.26. The van der Waals surface area contributed by atoms with Gasteiger partial charge in [0.1, 0.15) is 16.3 Å². The van der Waals surface area contributed by atoms with Gasteiger partial charge in [0.15, 0.2) is 5.82 Å². The van der Waals surface area contributed by atoms with Crippen molar-refractivity contribution in [1.82, 2.24) is 15.0 Å². The summed E-state index contributed by atoms with van der Waals surface area (Å²) in [6.45, 7) is 7.32. The van der Waals surface area contributed by atoms with Crippen LogP contribution < -0.4 is 5.32 Å². The highest BCUT2D eigenvalue weighted by molar-refractivity contribution is 7.18. The van der Waals surface area contributed by atoms with E-state index >= 15 is 0 Å². The lowest BCUT2D eigenvalue weighted by Gasteiger charge is -2.08. The van der Waals surface area contributed by atoms with E-state index in [1.165, 1.54) is 10.4 Å². The van der Waals surface area contributed by atoms with Crippen LogP contribution in [0, 0.1) is 13.8 Å². The van der Waals surface area contributed by atoms with Gasteiger partial charge in [-0.05, 0) is 38.0 Å². The maximum Gasteiger partial charge on any atom is 0.181 e. The minimum absolute atomic E-state index is 0.683. The van der Waals surface area contributed by atoms with E-state index in [1.807, 2.05) is 18.2 Å². The second kappa shape index (κ2) is 5.77. The fourth-order valence-electron chi connectivity index (χ4n) is 2.23. The lowest BCUT2D eigenvalue weighted by atomic mass is 10.2. The summed E-state index contributed by atoms with van der Waals surface area (Å²) in [5, 5.41) is 4.57. The molecule has 0 saturated heterocycles. The number of nitrogens with one attached hydrogen (secondary N) is 1. The van der Waals surface area contributed by atoms with Crippen LogP contribution in [-0.2, 0) is 0 Å². The first-order valence-electron chi connectivity index (χ1n) is 7.13. The number of pyridine rings is 1. The van der Waals surface area contributed by atoms with Crippen LogP contribution in [0.1, 0.15) is 23.8 Å². The second-order valence-corrected chi connectivity index (χ2v) is 6.20. The Bertz CT molecular complexity index is 765. The van der Waals surface area contributed by atoms with Gasteiger partial charge < -0.3 is 5.32 Å². The summed E-state index contributed by atoms with van der Waals surface area (Å²) in [5.41, 5.74) is 2.07. The molecule has 0 saturated carbocycles. The quantitative estimate of drug-likeness (QED) is 0.784. The van der Waals surface area contributed by atoms with Gasteiger partial charge in [-0.2, -0.15) is 0 Å². The Morgan fingerprint density at radius 2 is 2.05 bits per heavy atom. The Morgan fingerprint density at radius 1 is 1.19 bits per heavy atom. The SMILES string of the molecule is CCCNc1nc(-c2ccccn2)nc2sc(C)c(C)c12. The molecule has 0 aliphatic rings. The third-order valence-corrected chi connectivity index (χ3v) is 4.57. The molecule has 0 bridgehead atoms. The highest BCUT2D eigenvalue weighted by atomic mass is 32.1. The molecule has 3 heterocycles. The van der Waals surface area contributed by atoms with Gasteiger partial charge in [-0.1, -0.05) is 13.0 Å². The monoisotopic (exact) mass is 298 g/mol. The van der Waals surface area contributed by atoms with Crippen LogP contribution in [0.25, 0.3) is 21.7 Å². The number of aryl methyl sites for hydroxylation is 2. The zero-order valence-corrected chi connectivity index (χ0v) is 13.3. The maximum absolute atomic E-state index is 4.70. The van der Waals surface area contributed by atoms with Crippen molar-refractivity contribution in [3.05, 3.63) is 34.8 Å². The minimum atomic E-state index is 0.683. The van der Waals surface area contributed by atoms with E-state index in [0.717, 1.165) is 34.7 Å². The lowest BCUT2D eigenvalue weighted by molar-refractivity contribution is 0.970. The summed E-state index contributed by atoms with van der Waals surface area (Å²) in [4.78, 5) is 16.1. The molecular weight excluding hydrogens is 280 g/mol. The highest BCUT2D eigenvalue weighted by Crippen LogP contribution is 2.34. The number of hydrogen-bond donors (Lipinski definition) is 1.